The first-order valence-corrected chi connectivity index (χ1v) is 9.05. The van der Waals surface area contributed by atoms with Gasteiger partial charge in [-0.15, -0.1) is 0 Å². The minimum Gasteiger partial charge on any atom is -0.508 e. The molecule has 150 valence electrons. The number of alkyl halides is 3. The number of phenols is 1. The van der Waals surface area contributed by atoms with Gasteiger partial charge in [0.05, 0.1) is 11.1 Å². The van der Waals surface area contributed by atoms with Crippen LogP contribution in [0.2, 0.25) is 10.0 Å². The number of phenolic OH excluding ortho intramolecular Hbond substituents is 1. The van der Waals surface area contributed by atoms with Gasteiger partial charge in [-0.1, -0.05) is 35.3 Å². The molecule has 0 aliphatic carbocycles. The molecule has 3 aromatic carbocycles. The Balaban J connectivity index is 1.95. The van der Waals surface area contributed by atoms with E-state index in [1.807, 2.05) is 0 Å². The predicted octanol–water partition coefficient (Wildman–Crippen LogP) is 6.53. The number of rotatable bonds is 4. The van der Waals surface area contributed by atoms with Crippen LogP contribution in [-0.2, 0) is 12.6 Å². The quantitative estimate of drug-likeness (QED) is 0.370. The minimum atomic E-state index is -4.70. The molecule has 3 aromatic rings. The smallest absolute Gasteiger partial charge is 0.417 e. The molecule has 1 N–H and O–H groups in total. The van der Waals surface area contributed by atoms with Crippen LogP contribution in [0.3, 0.4) is 0 Å². The Labute approximate surface area is 174 Å². The monoisotopic (exact) mass is 440 g/mol. The molecule has 0 saturated heterocycles. The number of hydrogen-bond donors (Lipinski definition) is 1. The maximum Gasteiger partial charge on any atom is 0.417 e. The maximum absolute atomic E-state index is 13.2. The summed E-state index contributed by atoms with van der Waals surface area (Å²) < 4.78 is 44.8. The van der Waals surface area contributed by atoms with Crippen molar-refractivity contribution in [1.82, 2.24) is 0 Å². The summed E-state index contributed by atoms with van der Waals surface area (Å²) in [6, 6.07) is 13.1. The summed E-state index contributed by atoms with van der Waals surface area (Å²) in [7, 11) is 0. The van der Waals surface area contributed by atoms with E-state index in [2.05, 4.69) is 0 Å². The van der Waals surface area contributed by atoms with E-state index in [1.165, 1.54) is 48.5 Å². The molecule has 0 fully saturated rings. The number of esters is 1. The van der Waals surface area contributed by atoms with Gasteiger partial charge < -0.3 is 9.84 Å². The van der Waals surface area contributed by atoms with Crippen molar-refractivity contribution in [3.63, 3.8) is 0 Å². The van der Waals surface area contributed by atoms with Crippen LogP contribution in [0.1, 0.15) is 27.0 Å². The maximum atomic E-state index is 13.2. The highest BCUT2D eigenvalue weighted by atomic mass is 35.5. The molecule has 0 saturated carbocycles. The standard InChI is InChI=1S/C21H13Cl2F3O3/c22-14-5-7-18(27)12(10-14)9-13-11-15(23)6-8-19(13)29-20(28)16-3-1-2-4-17(16)21(24,25)26/h1-8,10-11,27H,9H2. The van der Waals surface area contributed by atoms with Crippen LogP contribution in [0.4, 0.5) is 13.2 Å². The molecule has 0 atom stereocenters. The average Bonchev–Trinajstić information content (AvgIpc) is 2.66. The number of aromatic hydroxyl groups is 1. The lowest BCUT2D eigenvalue weighted by Gasteiger charge is -2.14. The molecule has 29 heavy (non-hydrogen) atoms. The van der Waals surface area contributed by atoms with Crippen molar-refractivity contribution in [2.45, 2.75) is 12.6 Å². The van der Waals surface area contributed by atoms with Gasteiger partial charge in [0, 0.05) is 22.0 Å². The highest BCUT2D eigenvalue weighted by Gasteiger charge is 2.35. The van der Waals surface area contributed by atoms with Crippen LogP contribution < -0.4 is 4.74 Å². The van der Waals surface area contributed by atoms with Crippen LogP contribution >= 0.6 is 23.2 Å². The van der Waals surface area contributed by atoms with E-state index in [0.717, 1.165) is 12.1 Å². The molecule has 0 amide bonds. The summed E-state index contributed by atoms with van der Waals surface area (Å²) >= 11 is 12.0. The van der Waals surface area contributed by atoms with Crippen LogP contribution in [0.25, 0.3) is 0 Å². The number of halogens is 5. The highest BCUT2D eigenvalue weighted by Crippen LogP contribution is 2.34. The fourth-order valence-electron chi connectivity index (χ4n) is 2.75. The lowest BCUT2D eigenvalue weighted by molar-refractivity contribution is -0.138. The van der Waals surface area contributed by atoms with E-state index in [0.29, 0.717) is 21.2 Å². The van der Waals surface area contributed by atoms with Crippen molar-refractivity contribution in [2.75, 3.05) is 0 Å². The summed E-state index contributed by atoms with van der Waals surface area (Å²) in [6.45, 7) is 0. The van der Waals surface area contributed by atoms with E-state index < -0.39 is 23.3 Å². The molecule has 0 radical (unpaired) electrons. The summed E-state index contributed by atoms with van der Waals surface area (Å²) in [4.78, 5) is 12.5. The van der Waals surface area contributed by atoms with Gasteiger partial charge in [0.2, 0.25) is 0 Å². The van der Waals surface area contributed by atoms with Crippen molar-refractivity contribution in [3.8, 4) is 11.5 Å². The van der Waals surface area contributed by atoms with Gasteiger partial charge >= 0.3 is 12.1 Å². The predicted molar refractivity (Wildman–Crippen MR) is 104 cm³/mol. The van der Waals surface area contributed by atoms with Gasteiger partial charge in [0.1, 0.15) is 11.5 Å². The second-order valence-electron chi connectivity index (χ2n) is 6.13. The molecule has 0 aromatic heterocycles. The summed E-state index contributed by atoms with van der Waals surface area (Å²) in [6.07, 6.45) is -4.61. The van der Waals surface area contributed by atoms with E-state index >= 15 is 0 Å². The van der Waals surface area contributed by atoms with Crippen LogP contribution in [0.15, 0.2) is 60.7 Å². The Morgan fingerprint density at radius 1 is 0.931 bits per heavy atom. The molecule has 0 heterocycles. The topological polar surface area (TPSA) is 46.5 Å². The zero-order chi connectivity index (χ0) is 21.2. The third-order valence-electron chi connectivity index (χ3n) is 4.10. The summed E-state index contributed by atoms with van der Waals surface area (Å²) in [5, 5.41) is 10.7. The fraction of sp³-hybridized carbons (Fsp3) is 0.0952. The lowest BCUT2D eigenvalue weighted by atomic mass is 10.0. The lowest BCUT2D eigenvalue weighted by Crippen LogP contribution is -2.17. The largest absolute Gasteiger partial charge is 0.508 e. The Hall–Kier alpha value is -2.70. The molecule has 0 unspecified atom stereocenters. The Morgan fingerprint density at radius 2 is 1.55 bits per heavy atom. The highest BCUT2D eigenvalue weighted by molar-refractivity contribution is 6.31. The first kappa shape index (κ1) is 21.0. The Kier molecular flexibility index (Phi) is 6.05. The SMILES string of the molecule is O=C(Oc1ccc(Cl)cc1Cc1cc(Cl)ccc1O)c1ccccc1C(F)(F)F. The van der Waals surface area contributed by atoms with Crippen molar-refractivity contribution in [1.29, 1.82) is 0 Å². The average molecular weight is 441 g/mol. The minimum absolute atomic E-state index is 0.0238. The molecule has 0 aliphatic heterocycles. The molecule has 3 nitrogen and oxygen atoms in total. The first-order chi connectivity index (χ1) is 13.6. The second kappa shape index (κ2) is 8.35. The van der Waals surface area contributed by atoms with E-state index in [4.69, 9.17) is 27.9 Å². The molecule has 0 spiro atoms. The first-order valence-electron chi connectivity index (χ1n) is 8.29. The third-order valence-corrected chi connectivity index (χ3v) is 4.57. The van der Waals surface area contributed by atoms with Gasteiger partial charge in [0.15, 0.2) is 0 Å². The zero-order valence-corrected chi connectivity index (χ0v) is 16.1. The van der Waals surface area contributed by atoms with E-state index in [1.54, 1.807) is 0 Å². The van der Waals surface area contributed by atoms with Gasteiger partial charge in [-0.05, 0) is 54.1 Å². The Morgan fingerprint density at radius 3 is 2.24 bits per heavy atom. The van der Waals surface area contributed by atoms with E-state index in [-0.39, 0.29) is 17.9 Å². The number of benzene rings is 3. The van der Waals surface area contributed by atoms with Crippen molar-refractivity contribution in [2.24, 2.45) is 0 Å². The zero-order valence-electron chi connectivity index (χ0n) is 14.6. The Bertz CT molecular complexity index is 1070. The fourth-order valence-corrected chi connectivity index (χ4v) is 3.14. The van der Waals surface area contributed by atoms with Gasteiger partial charge in [-0.3, -0.25) is 0 Å². The molecular weight excluding hydrogens is 428 g/mol. The van der Waals surface area contributed by atoms with Gasteiger partial charge in [0.25, 0.3) is 0 Å². The number of ether oxygens (including phenoxy) is 1. The number of carbonyl (C=O) groups is 1. The molecule has 3 rings (SSSR count). The molecule has 0 aliphatic rings. The van der Waals surface area contributed by atoms with Crippen molar-refractivity contribution in [3.05, 3.63) is 93.0 Å². The van der Waals surface area contributed by atoms with Crippen LogP contribution in [-0.4, -0.2) is 11.1 Å². The molecular formula is C21H13Cl2F3O3. The summed E-state index contributed by atoms with van der Waals surface area (Å²) in [5.74, 6) is -1.17. The van der Waals surface area contributed by atoms with E-state index in [9.17, 15) is 23.1 Å². The summed E-state index contributed by atoms with van der Waals surface area (Å²) in [5.41, 5.74) is -0.861. The van der Waals surface area contributed by atoms with Crippen molar-refractivity contribution < 1.29 is 27.8 Å². The third kappa shape index (κ3) is 5.02. The van der Waals surface area contributed by atoms with Crippen LogP contribution in [0, 0.1) is 0 Å². The van der Waals surface area contributed by atoms with Crippen LogP contribution in [0.5, 0.6) is 11.5 Å². The number of hydrogen-bond acceptors (Lipinski definition) is 3. The molecule has 0 bridgehead atoms. The molecule has 8 heteroatoms. The van der Waals surface area contributed by atoms with Gasteiger partial charge in [-0.25, -0.2) is 4.79 Å². The van der Waals surface area contributed by atoms with Crippen molar-refractivity contribution >= 4 is 29.2 Å². The number of carbonyl (C=O) groups excluding carboxylic acids is 1. The second-order valence-corrected chi connectivity index (χ2v) is 7.01. The normalized spacial score (nSPS) is 11.3. The van der Waals surface area contributed by atoms with Gasteiger partial charge in [-0.2, -0.15) is 13.2 Å².